The molecule has 0 unspecified atom stereocenters. The van der Waals surface area contributed by atoms with Crippen molar-refractivity contribution >= 4 is 49.8 Å². The lowest BCUT2D eigenvalue weighted by Gasteiger charge is -2.32. The number of benzene rings is 9. The molecule has 2 heteroatoms. The Balaban J connectivity index is 1.02. The third kappa shape index (κ3) is 4.98. The van der Waals surface area contributed by atoms with Gasteiger partial charge in [0.1, 0.15) is 11.2 Å². The predicted octanol–water partition coefficient (Wildman–Crippen LogP) is 15.1. The first-order valence-electron chi connectivity index (χ1n) is 20.4. The molecule has 0 bridgehead atoms. The van der Waals surface area contributed by atoms with Crippen molar-refractivity contribution in [3.8, 4) is 22.3 Å². The molecule has 1 saturated carbocycles. The van der Waals surface area contributed by atoms with Crippen molar-refractivity contribution in [3.05, 3.63) is 234 Å². The van der Waals surface area contributed by atoms with Crippen molar-refractivity contribution in [1.29, 1.82) is 0 Å². The van der Waals surface area contributed by atoms with Gasteiger partial charge in [0, 0.05) is 50.0 Å². The summed E-state index contributed by atoms with van der Waals surface area (Å²) < 4.78 is 7.11. The number of anilines is 3. The van der Waals surface area contributed by atoms with Crippen LogP contribution >= 0.6 is 0 Å². The molecule has 9 aromatic carbocycles. The highest BCUT2D eigenvalue weighted by Gasteiger charge is 2.50. The van der Waals surface area contributed by atoms with E-state index in [4.69, 9.17) is 4.42 Å². The molecule has 10 aromatic rings. The van der Waals surface area contributed by atoms with Crippen molar-refractivity contribution in [3.63, 3.8) is 0 Å². The van der Waals surface area contributed by atoms with E-state index in [1.807, 2.05) is 0 Å². The molecule has 1 aromatic heterocycles. The minimum Gasteiger partial charge on any atom is -0.455 e. The van der Waals surface area contributed by atoms with Gasteiger partial charge in [-0.05, 0) is 93.6 Å². The molecular weight excluding hydrogens is 703 g/mol. The summed E-state index contributed by atoms with van der Waals surface area (Å²) in [6.45, 7) is 0. The maximum Gasteiger partial charge on any atom is 0.143 e. The van der Waals surface area contributed by atoms with E-state index in [2.05, 4.69) is 211 Å². The molecular formula is C56H39NO. The Hall–Kier alpha value is -7.16. The molecule has 58 heavy (non-hydrogen) atoms. The van der Waals surface area contributed by atoms with Crippen molar-refractivity contribution in [2.24, 2.45) is 0 Å². The van der Waals surface area contributed by atoms with Gasteiger partial charge in [-0.25, -0.2) is 0 Å². The first kappa shape index (κ1) is 33.0. The van der Waals surface area contributed by atoms with Gasteiger partial charge in [0.15, 0.2) is 0 Å². The van der Waals surface area contributed by atoms with Crippen LogP contribution in [0.25, 0.3) is 55.0 Å². The molecule has 1 fully saturated rings. The molecule has 2 aliphatic carbocycles. The lowest BCUT2D eigenvalue weighted by molar-refractivity contribution is 0.662. The summed E-state index contributed by atoms with van der Waals surface area (Å²) >= 11 is 0. The van der Waals surface area contributed by atoms with Crippen LogP contribution in [0.4, 0.5) is 17.1 Å². The molecule has 0 radical (unpaired) electrons. The number of fused-ring (bicyclic) bond motifs is 7. The van der Waals surface area contributed by atoms with Crippen molar-refractivity contribution in [1.82, 2.24) is 0 Å². The van der Waals surface area contributed by atoms with E-state index in [0.29, 0.717) is 0 Å². The molecule has 1 heterocycles. The number of nitrogens with zero attached hydrogens (tertiary/aromatic N) is 1. The van der Waals surface area contributed by atoms with Crippen LogP contribution in [0.1, 0.15) is 46.6 Å². The summed E-state index contributed by atoms with van der Waals surface area (Å²) in [5.74, 6) is 0.0457. The van der Waals surface area contributed by atoms with Gasteiger partial charge in [0.2, 0.25) is 0 Å². The average molecular weight is 742 g/mol. The molecule has 0 aliphatic heterocycles. The first-order chi connectivity index (χ1) is 28.8. The number of para-hydroxylation sites is 4. The fourth-order valence-electron chi connectivity index (χ4n) is 10.1. The highest BCUT2D eigenvalue weighted by Crippen LogP contribution is 2.62. The smallest absolute Gasteiger partial charge is 0.143 e. The molecule has 0 N–H and O–H groups in total. The number of rotatable bonds is 7. The van der Waals surface area contributed by atoms with Crippen LogP contribution in [0.15, 0.2) is 211 Å². The quantitative estimate of drug-likeness (QED) is 0.151. The minimum atomic E-state index is -0.00562. The normalized spacial score (nSPS) is 13.7. The van der Waals surface area contributed by atoms with Gasteiger partial charge in [-0.3, -0.25) is 0 Å². The molecule has 2 aliphatic rings. The third-order valence-electron chi connectivity index (χ3n) is 12.8. The Labute approximate surface area is 338 Å². The van der Waals surface area contributed by atoms with Crippen LogP contribution in [-0.2, 0) is 5.41 Å². The van der Waals surface area contributed by atoms with E-state index in [0.717, 1.165) is 51.7 Å². The highest BCUT2D eigenvalue weighted by molar-refractivity contribution is 6.13. The SMILES string of the molecule is c1ccc(C(c2ccccc2)c2cccc3c2oc2c(-c4ccc5c(c4)C4(CC4)c4cccc6c(N(c7ccccc7)c7ccccc7)ccc-5c46)cccc23)cc1. The van der Waals surface area contributed by atoms with E-state index in [9.17, 15) is 0 Å². The van der Waals surface area contributed by atoms with E-state index in [1.165, 1.54) is 61.0 Å². The first-order valence-corrected chi connectivity index (χ1v) is 20.4. The lowest BCUT2D eigenvalue weighted by atomic mass is 9.73. The average Bonchev–Trinajstić information content (AvgIpc) is 4.00. The number of hydrogen-bond acceptors (Lipinski definition) is 2. The Morgan fingerprint density at radius 3 is 1.66 bits per heavy atom. The summed E-state index contributed by atoms with van der Waals surface area (Å²) in [4.78, 5) is 2.41. The summed E-state index contributed by atoms with van der Waals surface area (Å²) in [6, 6.07) is 75.3. The number of hydrogen-bond donors (Lipinski definition) is 0. The summed E-state index contributed by atoms with van der Waals surface area (Å²) in [5.41, 5.74) is 17.0. The topological polar surface area (TPSA) is 16.4 Å². The predicted molar refractivity (Wildman–Crippen MR) is 241 cm³/mol. The van der Waals surface area contributed by atoms with E-state index in [1.54, 1.807) is 0 Å². The third-order valence-corrected chi connectivity index (χ3v) is 12.8. The second-order valence-corrected chi connectivity index (χ2v) is 16.0. The largest absolute Gasteiger partial charge is 0.455 e. The molecule has 0 atom stereocenters. The maximum absolute atomic E-state index is 7.11. The number of furan rings is 1. The van der Waals surface area contributed by atoms with Gasteiger partial charge in [-0.1, -0.05) is 170 Å². The van der Waals surface area contributed by atoms with Crippen LogP contribution < -0.4 is 4.90 Å². The zero-order valence-electron chi connectivity index (χ0n) is 32.0. The van der Waals surface area contributed by atoms with Crippen LogP contribution in [-0.4, -0.2) is 0 Å². The van der Waals surface area contributed by atoms with Gasteiger partial charge in [-0.15, -0.1) is 0 Å². The Kier molecular flexibility index (Phi) is 7.37. The molecule has 0 amide bonds. The van der Waals surface area contributed by atoms with Crippen LogP contribution in [0.2, 0.25) is 0 Å². The zero-order chi connectivity index (χ0) is 38.2. The fraction of sp³-hybridized carbons (Fsp3) is 0.0714. The van der Waals surface area contributed by atoms with Gasteiger partial charge in [-0.2, -0.15) is 0 Å². The molecule has 12 rings (SSSR count). The zero-order valence-corrected chi connectivity index (χ0v) is 32.0. The summed E-state index contributed by atoms with van der Waals surface area (Å²) in [7, 11) is 0. The van der Waals surface area contributed by atoms with Crippen LogP contribution in [0.3, 0.4) is 0 Å². The van der Waals surface area contributed by atoms with E-state index < -0.39 is 0 Å². The van der Waals surface area contributed by atoms with Crippen molar-refractivity contribution in [2.45, 2.75) is 24.2 Å². The molecule has 2 nitrogen and oxygen atoms in total. The molecule has 1 spiro atoms. The summed E-state index contributed by atoms with van der Waals surface area (Å²) in [5, 5.41) is 4.97. The Bertz CT molecular complexity index is 3080. The van der Waals surface area contributed by atoms with Gasteiger partial charge in [0.05, 0.1) is 5.69 Å². The summed E-state index contributed by atoms with van der Waals surface area (Å²) in [6.07, 6.45) is 2.29. The second-order valence-electron chi connectivity index (χ2n) is 16.0. The fourth-order valence-corrected chi connectivity index (χ4v) is 10.1. The maximum atomic E-state index is 7.11. The van der Waals surface area contributed by atoms with Crippen molar-refractivity contribution < 1.29 is 4.42 Å². The van der Waals surface area contributed by atoms with Crippen LogP contribution in [0.5, 0.6) is 0 Å². The highest BCUT2D eigenvalue weighted by atomic mass is 16.3. The van der Waals surface area contributed by atoms with Gasteiger partial charge >= 0.3 is 0 Å². The van der Waals surface area contributed by atoms with Crippen molar-refractivity contribution in [2.75, 3.05) is 4.90 Å². The lowest BCUT2D eigenvalue weighted by Crippen LogP contribution is -2.17. The van der Waals surface area contributed by atoms with Crippen LogP contribution in [0, 0.1) is 0 Å². The van der Waals surface area contributed by atoms with Gasteiger partial charge < -0.3 is 9.32 Å². The molecule has 0 saturated heterocycles. The Morgan fingerprint density at radius 1 is 0.431 bits per heavy atom. The van der Waals surface area contributed by atoms with E-state index >= 15 is 0 Å². The van der Waals surface area contributed by atoms with Gasteiger partial charge in [0.25, 0.3) is 0 Å². The molecule has 274 valence electrons. The second kappa shape index (κ2) is 12.9. The Morgan fingerprint density at radius 2 is 1.00 bits per heavy atom. The minimum absolute atomic E-state index is 0.00562. The van der Waals surface area contributed by atoms with E-state index in [-0.39, 0.29) is 11.3 Å². The monoisotopic (exact) mass is 741 g/mol. The standard InChI is InChI=1S/C56H39NO/c1-5-16-37(17-6-1)52(38-18-7-2-8-19-38)48-28-14-26-46-45-25-13-24-42(54(45)58-55(46)48)39-30-31-43-44-32-33-51(57(40-20-9-3-10-21-40)41-22-11-4-12-23-41)47-27-15-29-49(53(44)47)56(34-35-56)50(43)36-39/h1-33,36,52H,34-35H2.